The van der Waals surface area contributed by atoms with E-state index in [9.17, 15) is 17.6 Å². The molecule has 1 aliphatic heterocycles. The molecular formula is C20H24FN3O4S. The summed E-state index contributed by atoms with van der Waals surface area (Å²) in [6.45, 7) is 3.00. The SMILES string of the molecule is CCOc1ccc(NCC(=O)Nc2cccc(F)c2)cc1S(=O)(=O)N1CCCC1. The molecule has 0 unspecified atom stereocenters. The van der Waals surface area contributed by atoms with E-state index in [1.54, 1.807) is 25.1 Å². The minimum absolute atomic E-state index is 0.0804. The molecule has 1 amide bonds. The van der Waals surface area contributed by atoms with Crippen LogP contribution in [-0.4, -0.2) is 44.9 Å². The third-order valence-corrected chi connectivity index (χ3v) is 6.41. The second kappa shape index (κ2) is 9.23. The van der Waals surface area contributed by atoms with Crippen LogP contribution in [0.15, 0.2) is 47.4 Å². The smallest absolute Gasteiger partial charge is 0.246 e. The largest absolute Gasteiger partial charge is 0.492 e. The average molecular weight is 421 g/mol. The van der Waals surface area contributed by atoms with Crippen LogP contribution >= 0.6 is 0 Å². The van der Waals surface area contributed by atoms with Crippen LogP contribution in [-0.2, 0) is 14.8 Å². The first kappa shape index (κ1) is 21.1. The molecule has 29 heavy (non-hydrogen) atoms. The van der Waals surface area contributed by atoms with Gasteiger partial charge in [0.1, 0.15) is 16.5 Å². The highest BCUT2D eigenvalue weighted by Crippen LogP contribution is 2.31. The zero-order valence-electron chi connectivity index (χ0n) is 16.2. The van der Waals surface area contributed by atoms with Gasteiger partial charge in [-0.05, 0) is 56.2 Å². The average Bonchev–Trinajstić information content (AvgIpc) is 3.23. The van der Waals surface area contributed by atoms with Gasteiger partial charge >= 0.3 is 0 Å². The first-order valence-corrected chi connectivity index (χ1v) is 10.9. The molecule has 0 aromatic heterocycles. The maximum atomic E-state index is 13.2. The molecule has 0 spiro atoms. The molecule has 1 saturated heterocycles. The van der Waals surface area contributed by atoms with Crippen molar-refractivity contribution in [1.29, 1.82) is 0 Å². The van der Waals surface area contributed by atoms with Crippen LogP contribution in [0, 0.1) is 5.82 Å². The van der Waals surface area contributed by atoms with Crippen LogP contribution in [0.1, 0.15) is 19.8 Å². The molecule has 156 valence electrons. The van der Waals surface area contributed by atoms with Crippen molar-refractivity contribution in [3.05, 3.63) is 48.3 Å². The molecule has 1 heterocycles. The first-order valence-electron chi connectivity index (χ1n) is 9.46. The van der Waals surface area contributed by atoms with Crippen molar-refractivity contribution < 1.29 is 22.3 Å². The number of amides is 1. The van der Waals surface area contributed by atoms with Gasteiger partial charge in [0.05, 0.1) is 13.2 Å². The Bertz CT molecular complexity index is 975. The molecule has 0 saturated carbocycles. The molecule has 2 N–H and O–H groups in total. The Morgan fingerprint density at radius 3 is 2.59 bits per heavy atom. The van der Waals surface area contributed by atoms with Crippen molar-refractivity contribution in [2.45, 2.75) is 24.7 Å². The van der Waals surface area contributed by atoms with E-state index in [-0.39, 0.29) is 23.1 Å². The third kappa shape index (κ3) is 5.24. The minimum atomic E-state index is -3.68. The molecule has 9 heteroatoms. The van der Waals surface area contributed by atoms with Gasteiger partial charge in [-0.3, -0.25) is 4.79 Å². The Kier molecular flexibility index (Phi) is 6.71. The summed E-state index contributed by atoms with van der Waals surface area (Å²) in [7, 11) is -3.68. The quantitative estimate of drug-likeness (QED) is 0.684. The summed E-state index contributed by atoms with van der Waals surface area (Å²) in [6.07, 6.45) is 1.67. The van der Waals surface area contributed by atoms with Gasteiger partial charge < -0.3 is 15.4 Å². The van der Waals surface area contributed by atoms with Crippen molar-refractivity contribution >= 4 is 27.3 Å². The van der Waals surface area contributed by atoms with Gasteiger partial charge in [-0.2, -0.15) is 4.31 Å². The molecule has 1 fully saturated rings. The predicted octanol–water partition coefficient (Wildman–Crippen LogP) is 3.06. The van der Waals surface area contributed by atoms with E-state index < -0.39 is 15.8 Å². The molecule has 2 aromatic carbocycles. The van der Waals surface area contributed by atoms with Gasteiger partial charge in [0, 0.05) is 24.5 Å². The number of sulfonamides is 1. The van der Waals surface area contributed by atoms with E-state index in [4.69, 9.17) is 4.74 Å². The summed E-state index contributed by atoms with van der Waals surface area (Å²) in [4.78, 5) is 12.2. The molecular weight excluding hydrogens is 397 g/mol. The van der Waals surface area contributed by atoms with Gasteiger partial charge in [0.15, 0.2) is 0 Å². The fraction of sp³-hybridized carbons (Fsp3) is 0.350. The number of carbonyl (C=O) groups excluding carboxylic acids is 1. The number of hydrogen-bond donors (Lipinski definition) is 2. The topological polar surface area (TPSA) is 87.7 Å². The van der Waals surface area contributed by atoms with Crippen molar-refractivity contribution in [3.8, 4) is 5.75 Å². The monoisotopic (exact) mass is 421 g/mol. The standard InChI is InChI=1S/C20H24FN3O4S/c1-2-28-18-9-8-16(13-19(18)29(26,27)24-10-3-4-11-24)22-14-20(25)23-17-7-5-6-15(21)12-17/h5-9,12-13,22H,2-4,10-11,14H2,1H3,(H,23,25). The maximum absolute atomic E-state index is 13.2. The van der Waals surface area contributed by atoms with Gasteiger partial charge in [0.25, 0.3) is 0 Å². The minimum Gasteiger partial charge on any atom is -0.492 e. The predicted molar refractivity (Wildman–Crippen MR) is 109 cm³/mol. The van der Waals surface area contributed by atoms with Crippen molar-refractivity contribution in [2.75, 3.05) is 36.9 Å². The number of anilines is 2. The Balaban J connectivity index is 1.73. The van der Waals surface area contributed by atoms with Gasteiger partial charge in [0.2, 0.25) is 15.9 Å². The van der Waals surface area contributed by atoms with Crippen LogP contribution < -0.4 is 15.4 Å². The number of halogens is 1. The zero-order chi connectivity index (χ0) is 20.9. The van der Waals surface area contributed by atoms with Crippen molar-refractivity contribution in [1.82, 2.24) is 4.31 Å². The van der Waals surface area contributed by atoms with E-state index in [2.05, 4.69) is 10.6 Å². The Labute approximate surface area is 169 Å². The first-order chi connectivity index (χ1) is 13.9. The van der Waals surface area contributed by atoms with E-state index in [1.807, 2.05) is 0 Å². The summed E-state index contributed by atoms with van der Waals surface area (Å²) >= 11 is 0. The third-order valence-electron chi connectivity index (χ3n) is 4.49. The Hall–Kier alpha value is -2.65. The second-order valence-electron chi connectivity index (χ2n) is 6.62. The fourth-order valence-corrected chi connectivity index (χ4v) is 4.79. The van der Waals surface area contributed by atoms with Gasteiger partial charge in [-0.15, -0.1) is 0 Å². The number of ether oxygens (including phenoxy) is 1. The Morgan fingerprint density at radius 2 is 1.90 bits per heavy atom. The number of rotatable bonds is 8. The lowest BCUT2D eigenvalue weighted by molar-refractivity contribution is -0.114. The van der Waals surface area contributed by atoms with Crippen LogP contribution in [0.25, 0.3) is 0 Å². The lowest BCUT2D eigenvalue weighted by atomic mass is 10.3. The summed E-state index contributed by atoms with van der Waals surface area (Å²) in [5.74, 6) is -0.540. The Morgan fingerprint density at radius 1 is 1.14 bits per heavy atom. The molecule has 2 aromatic rings. The van der Waals surface area contributed by atoms with Crippen LogP contribution in [0.5, 0.6) is 5.75 Å². The van der Waals surface area contributed by atoms with E-state index >= 15 is 0 Å². The highest BCUT2D eigenvalue weighted by atomic mass is 32.2. The fourth-order valence-electron chi connectivity index (χ4n) is 3.12. The summed E-state index contributed by atoms with van der Waals surface area (Å²) in [5, 5.41) is 5.49. The summed E-state index contributed by atoms with van der Waals surface area (Å²) in [5.41, 5.74) is 0.821. The van der Waals surface area contributed by atoms with E-state index in [0.29, 0.717) is 31.1 Å². The zero-order valence-corrected chi connectivity index (χ0v) is 17.0. The lowest BCUT2D eigenvalue weighted by Gasteiger charge is -2.19. The molecule has 0 radical (unpaired) electrons. The maximum Gasteiger partial charge on any atom is 0.246 e. The van der Waals surface area contributed by atoms with Gasteiger partial charge in [-0.1, -0.05) is 6.07 Å². The number of nitrogens with one attached hydrogen (secondary N) is 2. The second-order valence-corrected chi connectivity index (χ2v) is 8.52. The van der Waals surface area contributed by atoms with Crippen LogP contribution in [0.2, 0.25) is 0 Å². The summed E-state index contributed by atoms with van der Waals surface area (Å²) in [6, 6.07) is 10.3. The summed E-state index contributed by atoms with van der Waals surface area (Å²) < 4.78 is 46.2. The highest BCUT2D eigenvalue weighted by molar-refractivity contribution is 7.89. The van der Waals surface area contributed by atoms with E-state index in [0.717, 1.165) is 12.8 Å². The van der Waals surface area contributed by atoms with Crippen molar-refractivity contribution in [3.63, 3.8) is 0 Å². The number of benzene rings is 2. The lowest BCUT2D eigenvalue weighted by Crippen LogP contribution is -2.28. The number of hydrogen-bond acceptors (Lipinski definition) is 5. The van der Waals surface area contributed by atoms with Crippen LogP contribution in [0.3, 0.4) is 0 Å². The number of carbonyl (C=O) groups is 1. The number of nitrogens with zero attached hydrogens (tertiary/aromatic N) is 1. The molecule has 3 rings (SSSR count). The van der Waals surface area contributed by atoms with Crippen LogP contribution in [0.4, 0.5) is 15.8 Å². The molecule has 0 aliphatic carbocycles. The van der Waals surface area contributed by atoms with Crippen molar-refractivity contribution in [2.24, 2.45) is 0 Å². The molecule has 0 atom stereocenters. The molecule has 1 aliphatic rings. The molecule has 0 bridgehead atoms. The van der Waals surface area contributed by atoms with Gasteiger partial charge in [-0.25, -0.2) is 12.8 Å². The normalized spacial score (nSPS) is 14.6. The molecule has 7 nitrogen and oxygen atoms in total. The highest BCUT2D eigenvalue weighted by Gasteiger charge is 2.30. The van der Waals surface area contributed by atoms with E-state index in [1.165, 1.54) is 28.6 Å².